The van der Waals surface area contributed by atoms with E-state index in [-0.39, 0.29) is 11.9 Å². The second kappa shape index (κ2) is 7.84. The normalized spacial score (nSPS) is 11.8. The van der Waals surface area contributed by atoms with E-state index in [1.807, 2.05) is 67.6 Å². The van der Waals surface area contributed by atoms with Gasteiger partial charge in [-0.05, 0) is 30.7 Å². The Morgan fingerprint density at radius 2 is 1.71 bits per heavy atom. The molecule has 4 rings (SSSR count). The van der Waals surface area contributed by atoms with E-state index < -0.39 is 0 Å². The Morgan fingerprint density at radius 1 is 0.893 bits per heavy atom. The van der Waals surface area contributed by atoms with Crippen LogP contribution in [-0.2, 0) is 0 Å². The average molecular weight is 369 g/mol. The summed E-state index contributed by atoms with van der Waals surface area (Å²) in [5, 5.41) is 7.14. The summed E-state index contributed by atoms with van der Waals surface area (Å²) in [6.07, 6.45) is 3.30. The molecule has 0 spiro atoms. The van der Waals surface area contributed by atoms with Crippen LogP contribution in [0.25, 0.3) is 10.9 Å². The summed E-state index contributed by atoms with van der Waals surface area (Å²) in [4.78, 5) is 25.6. The molecule has 2 aromatic carbocycles. The topological polar surface area (TPSA) is 79.8 Å². The van der Waals surface area contributed by atoms with Gasteiger partial charge in [-0.25, -0.2) is 9.97 Å². The van der Waals surface area contributed by atoms with Crippen LogP contribution < -0.4 is 10.6 Å². The van der Waals surface area contributed by atoms with Crippen LogP contribution in [0, 0.1) is 0 Å². The van der Waals surface area contributed by atoms with Crippen LogP contribution in [-0.4, -0.2) is 20.9 Å². The number of carbonyl (C=O) groups excluding carboxylic acids is 1. The molecule has 1 atom stereocenters. The molecule has 6 nitrogen and oxygen atoms in total. The fourth-order valence-corrected chi connectivity index (χ4v) is 2.97. The van der Waals surface area contributed by atoms with Crippen molar-refractivity contribution in [2.24, 2.45) is 0 Å². The maximum Gasteiger partial charge on any atom is 0.270 e. The second-order valence-corrected chi connectivity index (χ2v) is 6.38. The number of rotatable bonds is 5. The summed E-state index contributed by atoms with van der Waals surface area (Å²) >= 11 is 0. The van der Waals surface area contributed by atoms with Gasteiger partial charge in [0, 0.05) is 17.8 Å². The highest BCUT2D eigenvalue weighted by Gasteiger charge is 2.14. The largest absolute Gasteiger partial charge is 0.344 e. The van der Waals surface area contributed by atoms with Gasteiger partial charge in [-0.15, -0.1) is 0 Å². The number of anilines is 2. The average Bonchev–Trinajstić information content (AvgIpc) is 2.75. The van der Waals surface area contributed by atoms with Gasteiger partial charge >= 0.3 is 0 Å². The van der Waals surface area contributed by atoms with Crippen molar-refractivity contribution in [2.75, 3.05) is 5.32 Å². The minimum absolute atomic E-state index is 0.123. The smallest absolute Gasteiger partial charge is 0.270 e. The first-order chi connectivity index (χ1) is 13.7. The van der Waals surface area contributed by atoms with Crippen LogP contribution in [0.2, 0.25) is 0 Å². The zero-order chi connectivity index (χ0) is 19.3. The van der Waals surface area contributed by atoms with Crippen molar-refractivity contribution < 1.29 is 4.79 Å². The third-order valence-electron chi connectivity index (χ3n) is 4.41. The van der Waals surface area contributed by atoms with E-state index in [2.05, 4.69) is 25.6 Å². The van der Waals surface area contributed by atoms with Crippen molar-refractivity contribution >= 4 is 28.4 Å². The van der Waals surface area contributed by atoms with E-state index in [0.717, 1.165) is 22.2 Å². The number of amides is 1. The molecule has 28 heavy (non-hydrogen) atoms. The number of benzene rings is 2. The van der Waals surface area contributed by atoms with Crippen molar-refractivity contribution in [1.29, 1.82) is 0 Å². The lowest BCUT2D eigenvalue weighted by Gasteiger charge is -2.14. The number of carbonyl (C=O) groups is 1. The summed E-state index contributed by atoms with van der Waals surface area (Å²) in [6.45, 7) is 1.94. The summed E-state index contributed by atoms with van der Waals surface area (Å²) in [7, 11) is 0. The minimum atomic E-state index is -0.252. The third-order valence-corrected chi connectivity index (χ3v) is 4.41. The molecular formula is C22H19N5O. The van der Waals surface area contributed by atoms with Gasteiger partial charge in [0.15, 0.2) is 0 Å². The zero-order valence-electron chi connectivity index (χ0n) is 15.3. The molecular weight excluding hydrogens is 350 g/mol. The molecule has 0 aliphatic rings. The first-order valence-corrected chi connectivity index (χ1v) is 9.00. The molecule has 2 aromatic heterocycles. The fourth-order valence-electron chi connectivity index (χ4n) is 2.97. The minimum Gasteiger partial charge on any atom is -0.344 e. The molecule has 0 saturated carbocycles. The summed E-state index contributed by atoms with van der Waals surface area (Å²) in [5.74, 6) is 0.0935. The number of hydrogen-bond donors (Lipinski definition) is 2. The highest BCUT2D eigenvalue weighted by molar-refractivity contribution is 5.93. The lowest BCUT2D eigenvalue weighted by Crippen LogP contribution is -2.27. The van der Waals surface area contributed by atoms with Crippen LogP contribution in [0.15, 0.2) is 79.1 Å². The molecule has 0 aliphatic carbocycles. The SMILES string of the molecule is CC(NC(=O)c1ccnc(Nc2cccc3cccnc23)n1)c1ccccc1. The van der Waals surface area contributed by atoms with E-state index in [9.17, 15) is 4.79 Å². The van der Waals surface area contributed by atoms with Crippen LogP contribution in [0.1, 0.15) is 29.0 Å². The van der Waals surface area contributed by atoms with Crippen LogP contribution in [0.4, 0.5) is 11.6 Å². The number of hydrogen-bond acceptors (Lipinski definition) is 5. The predicted octanol–water partition coefficient (Wildman–Crippen LogP) is 4.26. The van der Waals surface area contributed by atoms with Crippen LogP contribution in [0.5, 0.6) is 0 Å². The fraction of sp³-hybridized carbons (Fsp3) is 0.0909. The molecule has 0 fully saturated rings. The monoisotopic (exact) mass is 369 g/mol. The molecule has 2 N–H and O–H groups in total. The zero-order valence-corrected chi connectivity index (χ0v) is 15.3. The standard InChI is InChI=1S/C22H19N5O/c1-15(16-7-3-2-4-8-16)25-21(28)19-12-14-24-22(27-19)26-18-11-5-9-17-10-6-13-23-20(17)18/h2-15H,1H3,(H,25,28)(H,24,26,27). The molecule has 2 heterocycles. The summed E-state index contributed by atoms with van der Waals surface area (Å²) < 4.78 is 0. The van der Waals surface area contributed by atoms with E-state index in [0.29, 0.717) is 11.6 Å². The van der Waals surface area contributed by atoms with E-state index in [1.54, 1.807) is 18.5 Å². The van der Waals surface area contributed by atoms with Gasteiger partial charge in [-0.2, -0.15) is 0 Å². The van der Waals surface area contributed by atoms with Gasteiger partial charge in [0.05, 0.1) is 17.2 Å². The molecule has 6 heteroatoms. The predicted molar refractivity (Wildman–Crippen MR) is 109 cm³/mol. The van der Waals surface area contributed by atoms with Crippen LogP contribution in [0.3, 0.4) is 0 Å². The Bertz CT molecular complexity index is 1110. The summed E-state index contributed by atoms with van der Waals surface area (Å²) in [5.41, 5.74) is 2.94. The molecule has 0 aliphatic heterocycles. The Morgan fingerprint density at radius 3 is 2.57 bits per heavy atom. The first kappa shape index (κ1) is 17.6. The molecule has 138 valence electrons. The maximum atomic E-state index is 12.6. The molecule has 0 radical (unpaired) electrons. The molecule has 0 bridgehead atoms. The number of nitrogens with one attached hydrogen (secondary N) is 2. The highest BCUT2D eigenvalue weighted by Crippen LogP contribution is 2.23. The van der Waals surface area contributed by atoms with Crippen LogP contribution >= 0.6 is 0 Å². The van der Waals surface area contributed by atoms with Gasteiger partial charge < -0.3 is 10.6 Å². The van der Waals surface area contributed by atoms with Gasteiger partial charge in [-0.3, -0.25) is 9.78 Å². The summed E-state index contributed by atoms with van der Waals surface area (Å²) in [6, 6.07) is 21.0. The van der Waals surface area contributed by atoms with Gasteiger partial charge in [0.2, 0.25) is 5.95 Å². The number of fused-ring (bicyclic) bond motifs is 1. The maximum absolute atomic E-state index is 12.6. The van der Waals surface area contributed by atoms with Crippen molar-refractivity contribution in [3.05, 3.63) is 90.4 Å². The van der Waals surface area contributed by atoms with E-state index in [4.69, 9.17) is 0 Å². The molecule has 0 saturated heterocycles. The third kappa shape index (κ3) is 3.81. The molecule has 1 unspecified atom stereocenters. The number of para-hydroxylation sites is 1. The van der Waals surface area contributed by atoms with Gasteiger partial charge in [0.25, 0.3) is 5.91 Å². The second-order valence-electron chi connectivity index (χ2n) is 6.38. The quantitative estimate of drug-likeness (QED) is 0.549. The van der Waals surface area contributed by atoms with Gasteiger partial charge in [-0.1, -0.05) is 48.5 Å². The van der Waals surface area contributed by atoms with E-state index >= 15 is 0 Å². The van der Waals surface area contributed by atoms with Crippen molar-refractivity contribution in [1.82, 2.24) is 20.3 Å². The number of nitrogens with zero attached hydrogens (tertiary/aromatic N) is 3. The van der Waals surface area contributed by atoms with Crippen molar-refractivity contribution in [2.45, 2.75) is 13.0 Å². The van der Waals surface area contributed by atoms with E-state index in [1.165, 1.54) is 0 Å². The highest BCUT2D eigenvalue weighted by atomic mass is 16.1. The molecule has 4 aromatic rings. The lowest BCUT2D eigenvalue weighted by molar-refractivity contribution is 0.0935. The lowest BCUT2D eigenvalue weighted by atomic mass is 10.1. The number of aromatic nitrogens is 3. The van der Waals surface area contributed by atoms with Crippen molar-refractivity contribution in [3.63, 3.8) is 0 Å². The Balaban J connectivity index is 1.53. The Hall–Kier alpha value is -3.80. The number of pyridine rings is 1. The Labute approximate surface area is 162 Å². The first-order valence-electron chi connectivity index (χ1n) is 9.00. The van der Waals surface area contributed by atoms with Crippen molar-refractivity contribution in [3.8, 4) is 0 Å². The Kier molecular flexibility index (Phi) is 4.93. The molecule has 1 amide bonds. The van der Waals surface area contributed by atoms with Gasteiger partial charge in [0.1, 0.15) is 5.69 Å².